The summed E-state index contributed by atoms with van der Waals surface area (Å²) in [6.07, 6.45) is 4.47. The minimum absolute atomic E-state index is 0.0935. The molecule has 0 saturated heterocycles. The van der Waals surface area contributed by atoms with Crippen LogP contribution in [0.4, 0.5) is 15.8 Å². The smallest absolute Gasteiger partial charge is 0.246 e. The van der Waals surface area contributed by atoms with Crippen molar-refractivity contribution in [2.45, 2.75) is 31.7 Å². The van der Waals surface area contributed by atoms with Gasteiger partial charge in [-0.3, -0.25) is 4.79 Å². The number of rotatable bonds is 1. The molecule has 1 heterocycles. The Morgan fingerprint density at radius 3 is 2.82 bits per heavy atom. The summed E-state index contributed by atoms with van der Waals surface area (Å²) >= 11 is 0. The maximum atomic E-state index is 13.2. The van der Waals surface area contributed by atoms with Gasteiger partial charge in [0.15, 0.2) is 0 Å². The maximum Gasteiger partial charge on any atom is 0.246 e. The maximum absolute atomic E-state index is 13.2. The molecule has 1 aliphatic carbocycles. The average Bonchev–Trinajstić information content (AvgIpc) is 2.82. The molecule has 0 radical (unpaired) electrons. The van der Waals surface area contributed by atoms with Crippen molar-refractivity contribution in [3.63, 3.8) is 0 Å². The predicted molar refractivity (Wildman–Crippen MR) is 64.6 cm³/mol. The molecule has 1 amide bonds. The van der Waals surface area contributed by atoms with E-state index in [4.69, 9.17) is 0 Å². The zero-order valence-corrected chi connectivity index (χ0v) is 9.58. The molecule has 1 N–H and O–H groups in total. The van der Waals surface area contributed by atoms with E-state index in [1.165, 1.54) is 25.0 Å². The molecule has 17 heavy (non-hydrogen) atoms. The van der Waals surface area contributed by atoms with Crippen LogP contribution in [0.5, 0.6) is 0 Å². The van der Waals surface area contributed by atoms with Crippen LogP contribution < -0.4 is 10.2 Å². The molecule has 1 aromatic rings. The quantitative estimate of drug-likeness (QED) is 0.809. The summed E-state index contributed by atoms with van der Waals surface area (Å²) in [5.41, 5.74) is 1.56. The van der Waals surface area contributed by atoms with E-state index in [1.54, 1.807) is 6.07 Å². The highest BCUT2D eigenvalue weighted by Gasteiger charge is 2.32. The number of fused-ring (bicyclic) bond motifs is 1. The fraction of sp³-hybridized carbons (Fsp3) is 0.462. The lowest BCUT2D eigenvalue weighted by Crippen LogP contribution is -2.45. The molecule has 0 aromatic heterocycles. The van der Waals surface area contributed by atoms with Crippen LogP contribution in [-0.4, -0.2) is 18.5 Å². The standard InChI is InChI=1S/C13H15FN2O/c14-9-5-6-12-11(7-9)15-8-13(17)16(12)10-3-1-2-4-10/h5-7,10,15H,1-4,8H2. The Labute approximate surface area is 99.6 Å². The Morgan fingerprint density at radius 2 is 2.06 bits per heavy atom. The molecular formula is C13H15FN2O. The van der Waals surface area contributed by atoms with E-state index in [0.29, 0.717) is 6.04 Å². The number of halogens is 1. The highest BCUT2D eigenvalue weighted by atomic mass is 19.1. The normalized spacial score (nSPS) is 20.3. The molecule has 2 aliphatic rings. The van der Waals surface area contributed by atoms with Gasteiger partial charge in [-0.15, -0.1) is 0 Å². The summed E-state index contributed by atoms with van der Waals surface area (Å²) in [5, 5.41) is 2.98. The Hall–Kier alpha value is -1.58. The van der Waals surface area contributed by atoms with Crippen molar-refractivity contribution in [1.82, 2.24) is 0 Å². The zero-order chi connectivity index (χ0) is 11.8. The minimum Gasteiger partial charge on any atom is -0.374 e. The number of nitrogens with one attached hydrogen (secondary N) is 1. The molecule has 1 saturated carbocycles. The zero-order valence-electron chi connectivity index (χ0n) is 9.58. The summed E-state index contributed by atoms with van der Waals surface area (Å²) in [5.74, 6) is -0.173. The molecule has 3 rings (SSSR count). The Balaban J connectivity index is 2.00. The third kappa shape index (κ3) is 1.77. The number of anilines is 2. The van der Waals surface area contributed by atoms with Crippen LogP contribution >= 0.6 is 0 Å². The second-order valence-electron chi connectivity index (χ2n) is 4.72. The van der Waals surface area contributed by atoms with E-state index < -0.39 is 0 Å². The molecule has 0 atom stereocenters. The van der Waals surface area contributed by atoms with Gasteiger partial charge in [0.25, 0.3) is 0 Å². The summed E-state index contributed by atoms with van der Waals surface area (Å²) in [6.45, 7) is 0.271. The lowest BCUT2D eigenvalue weighted by Gasteiger charge is -2.34. The van der Waals surface area contributed by atoms with Crippen LogP contribution in [0.25, 0.3) is 0 Å². The molecule has 0 bridgehead atoms. The molecular weight excluding hydrogens is 219 g/mol. The van der Waals surface area contributed by atoms with E-state index in [1.807, 2.05) is 4.90 Å². The molecule has 3 nitrogen and oxygen atoms in total. The summed E-state index contributed by atoms with van der Waals surface area (Å²) in [7, 11) is 0. The summed E-state index contributed by atoms with van der Waals surface area (Å²) in [6, 6.07) is 4.88. The molecule has 1 aromatic carbocycles. The molecule has 0 unspecified atom stereocenters. The van der Waals surface area contributed by atoms with Gasteiger partial charge in [-0.05, 0) is 31.0 Å². The van der Waals surface area contributed by atoms with Crippen molar-refractivity contribution < 1.29 is 9.18 Å². The van der Waals surface area contributed by atoms with Crippen molar-refractivity contribution in [3.8, 4) is 0 Å². The number of carbonyl (C=O) groups is 1. The van der Waals surface area contributed by atoms with Gasteiger partial charge in [-0.2, -0.15) is 0 Å². The number of amides is 1. The van der Waals surface area contributed by atoms with E-state index >= 15 is 0 Å². The van der Waals surface area contributed by atoms with Crippen LogP contribution in [0.2, 0.25) is 0 Å². The molecule has 4 heteroatoms. The van der Waals surface area contributed by atoms with Gasteiger partial charge in [0.2, 0.25) is 5.91 Å². The Kier molecular flexibility index (Phi) is 2.50. The van der Waals surface area contributed by atoms with E-state index in [9.17, 15) is 9.18 Å². The minimum atomic E-state index is -0.267. The van der Waals surface area contributed by atoms with Gasteiger partial charge in [0.05, 0.1) is 17.9 Å². The van der Waals surface area contributed by atoms with Crippen LogP contribution in [-0.2, 0) is 4.79 Å². The highest BCUT2D eigenvalue weighted by Crippen LogP contribution is 2.35. The second kappa shape index (κ2) is 4.02. The second-order valence-corrected chi connectivity index (χ2v) is 4.72. The lowest BCUT2D eigenvalue weighted by atomic mass is 10.1. The van der Waals surface area contributed by atoms with E-state index in [2.05, 4.69) is 5.32 Å². The van der Waals surface area contributed by atoms with Crippen LogP contribution in [0.3, 0.4) is 0 Å². The average molecular weight is 234 g/mol. The highest BCUT2D eigenvalue weighted by molar-refractivity contribution is 6.03. The first kappa shape index (κ1) is 10.6. The number of hydrogen-bond donors (Lipinski definition) is 1. The first-order chi connectivity index (χ1) is 8.25. The van der Waals surface area contributed by atoms with Crippen molar-refractivity contribution >= 4 is 17.3 Å². The molecule has 0 spiro atoms. The lowest BCUT2D eigenvalue weighted by molar-refractivity contribution is -0.117. The number of benzene rings is 1. The SMILES string of the molecule is O=C1CNc2cc(F)ccc2N1C1CCCC1. The number of nitrogens with zero attached hydrogens (tertiary/aromatic N) is 1. The fourth-order valence-corrected chi connectivity index (χ4v) is 2.81. The molecule has 1 fully saturated rings. The first-order valence-electron chi connectivity index (χ1n) is 6.11. The first-order valence-corrected chi connectivity index (χ1v) is 6.11. The topological polar surface area (TPSA) is 32.3 Å². The van der Waals surface area contributed by atoms with Gasteiger partial charge >= 0.3 is 0 Å². The van der Waals surface area contributed by atoms with Crippen molar-refractivity contribution in [3.05, 3.63) is 24.0 Å². The monoisotopic (exact) mass is 234 g/mol. The summed E-state index contributed by atoms with van der Waals surface area (Å²) in [4.78, 5) is 13.9. The van der Waals surface area contributed by atoms with Gasteiger partial charge in [0, 0.05) is 6.04 Å². The number of carbonyl (C=O) groups excluding carboxylic acids is 1. The van der Waals surface area contributed by atoms with Crippen molar-refractivity contribution in [2.75, 3.05) is 16.8 Å². The van der Waals surface area contributed by atoms with Gasteiger partial charge in [-0.1, -0.05) is 12.8 Å². The molecule has 1 aliphatic heterocycles. The van der Waals surface area contributed by atoms with Gasteiger partial charge < -0.3 is 10.2 Å². The number of hydrogen-bond acceptors (Lipinski definition) is 2. The van der Waals surface area contributed by atoms with Crippen LogP contribution in [0, 0.1) is 5.82 Å². The third-order valence-corrected chi connectivity index (χ3v) is 3.61. The van der Waals surface area contributed by atoms with Crippen molar-refractivity contribution in [2.24, 2.45) is 0 Å². The van der Waals surface area contributed by atoms with Crippen LogP contribution in [0.15, 0.2) is 18.2 Å². The fourth-order valence-electron chi connectivity index (χ4n) is 2.81. The largest absolute Gasteiger partial charge is 0.374 e. The van der Waals surface area contributed by atoms with E-state index in [-0.39, 0.29) is 18.3 Å². The van der Waals surface area contributed by atoms with Crippen LogP contribution in [0.1, 0.15) is 25.7 Å². The van der Waals surface area contributed by atoms with Crippen molar-refractivity contribution in [1.29, 1.82) is 0 Å². The van der Waals surface area contributed by atoms with Gasteiger partial charge in [0.1, 0.15) is 5.82 Å². The van der Waals surface area contributed by atoms with Gasteiger partial charge in [-0.25, -0.2) is 4.39 Å². The predicted octanol–water partition coefficient (Wildman–Crippen LogP) is 2.53. The molecule has 90 valence electrons. The Bertz CT molecular complexity index is 455. The third-order valence-electron chi connectivity index (χ3n) is 3.61. The summed E-state index contributed by atoms with van der Waals surface area (Å²) < 4.78 is 13.2. The van der Waals surface area contributed by atoms with E-state index in [0.717, 1.165) is 24.2 Å². The Morgan fingerprint density at radius 1 is 1.29 bits per heavy atom.